The van der Waals surface area contributed by atoms with Crippen molar-refractivity contribution < 1.29 is 22.5 Å². The van der Waals surface area contributed by atoms with Crippen molar-refractivity contribution >= 4 is 22.1 Å². The van der Waals surface area contributed by atoms with Crippen LogP contribution in [0.15, 0.2) is 30.3 Å². The van der Waals surface area contributed by atoms with Crippen LogP contribution in [0.25, 0.3) is 0 Å². The number of aromatic carboxylic acids is 1. The summed E-state index contributed by atoms with van der Waals surface area (Å²) in [6.07, 6.45) is 0. The van der Waals surface area contributed by atoms with E-state index in [9.17, 15) is 13.2 Å². The molecule has 3 N–H and O–H groups in total. The summed E-state index contributed by atoms with van der Waals surface area (Å²) in [4.78, 5) is 10.6. The first kappa shape index (κ1) is 13.9. The van der Waals surface area contributed by atoms with Gasteiger partial charge in [-0.15, -0.1) is 0 Å². The Balaban J connectivity index is 2.10. The molecule has 0 spiro atoms. The van der Waals surface area contributed by atoms with Gasteiger partial charge in [-0.05, 0) is 19.1 Å². The molecule has 1 heterocycles. The Kier molecular flexibility index (Phi) is 3.61. The van der Waals surface area contributed by atoms with E-state index in [2.05, 4.69) is 10.2 Å². The maximum absolute atomic E-state index is 11.7. The summed E-state index contributed by atoms with van der Waals surface area (Å²) in [7, 11) is -4.14. The highest BCUT2D eigenvalue weighted by Gasteiger charge is 2.16. The van der Waals surface area contributed by atoms with Crippen molar-refractivity contribution in [3.63, 3.8) is 0 Å². The SMILES string of the molecule is Cc1ccc(OS(=O)(=O)Nc2cc(C(=O)O)[nH]n2)cc1. The Morgan fingerprint density at radius 3 is 2.55 bits per heavy atom. The fourth-order valence-corrected chi connectivity index (χ4v) is 2.12. The van der Waals surface area contributed by atoms with Gasteiger partial charge in [-0.1, -0.05) is 17.7 Å². The molecule has 0 saturated heterocycles. The first-order valence-corrected chi connectivity index (χ1v) is 6.84. The molecule has 0 fully saturated rings. The third-order valence-corrected chi connectivity index (χ3v) is 3.14. The lowest BCUT2D eigenvalue weighted by Crippen LogP contribution is -2.19. The zero-order chi connectivity index (χ0) is 14.8. The molecular formula is C11H11N3O5S. The first-order valence-electron chi connectivity index (χ1n) is 5.43. The minimum atomic E-state index is -4.14. The number of rotatable bonds is 5. The van der Waals surface area contributed by atoms with Crippen LogP contribution in [0, 0.1) is 6.92 Å². The molecule has 0 aliphatic heterocycles. The number of aryl methyl sites for hydroxylation is 1. The topological polar surface area (TPSA) is 121 Å². The van der Waals surface area contributed by atoms with E-state index in [1.54, 1.807) is 12.1 Å². The van der Waals surface area contributed by atoms with E-state index in [4.69, 9.17) is 9.29 Å². The molecule has 0 amide bonds. The summed E-state index contributed by atoms with van der Waals surface area (Å²) in [5.74, 6) is -1.28. The Labute approximate surface area is 114 Å². The number of carboxylic acid groups (broad SMARTS) is 1. The Bertz CT molecular complexity index is 721. The molecule has 20 heavy (non-hydrogen) atoms. The molecule has 0 atom stereocenters. The maximum atomic E-state index is 11.7. The second-order valence-corrected chi connectivity index (χ2v) is 5.20. The highest BCUT2D eigenvalue weighted by Crippen LogP contribution is 2.15. The van der Waals surface area contributed by atoms with Crippen LogP contribution in [0.1, 0.15) is 16.1 Å². The largest absolute Gasteiger partial charge is 0.477 e. The molecule has 8 nitrogen and oxygen atoms in total. The van der Waals surface area contributed by atoms with Crippen LogP contribution < -0.4 is 8.91 Å². The van der Waals surface area contributed by atoms with Crippen molar-refractivity contribution in [3.05, 3.63) is 41.6 Å². The maximum Gasteiger partial charge on any atom is 0.408 e. The molecule has 1 aromatic heterocycles. The van der Waals surface area contributed by atoms with Crippen LogP contribution in [0.4, 0.5) is 5.82 Å². The van der Waals surface area contributed by atoms with E-state index in [1.807, 2.05) is 11.6 Å². The fourth-order valence-electron chi connectivity index (χ4n) is 1.35. The molecule has 2 rings (SSSR count). The lowest BCUT2D eigenvalue weighted by molar-refractivity contribution is 0.0690. The Morgan fingerprint density at radius 1 is 1.35 bits per heavy atom. The van der Waals surface area contributed by atoms with Crippen molar-refractivity contribution in [2.24, 2.45) is 0 Å². The van der Waals surface area contributed by atoms with Gasteiger partial charge in [0.25, 0.3) is 0 Å². The van der Waals surface area contributed by atoms with Gasteiger partial charge >= 0.3 is 16.3 Å². The Hall–Kier alpha value is -2.55. The van der Waals surface area contributed by atoms with Crippen molar-refractivity contribution in [3.8, 4) is 5.75 Å². The monoisotopic (exact) mass is 297 g/mol. The molecule has 0 saturated carbocycles. The van der Waals surface area contributed by atoms with E-state index in [1.165, 1.54) is 12.1 Å². The fraction of sp³-hybridized carbons (Fsp3) is 0.0909. The molecule has 0 aliphatic carbocycles. The van der Waals surface area contributed by atoms with Gasteiger partial charge in [0.15, 0.2) is 5.82 Å². The van der Waals surface area contributed by atoms with E-state index >= 15 is 0 Å². The van der Waals surface area contributed by atoms with Gasteiger partial charge in [0.1, 0.15) is 11.4 Å². The van der Waals surface area contributed by atoms with Gasteiger partial charge in [0.2, 0.25) is 0 Å². The summed E-state index contributed by atoms with van der Waals surface area (Å²) in [6, 6.07) is 7.44. The highest BCUT2D eigenvalue weighted by molar-refractivity contribution is 7.88. The van der Waals surface area contributed by atoms with E-state index < -0.39 is 16.3 Å². The van der Waals surface area contributed by atoms with Crippen LogP contribution >= 0.6 is 0 Å². The minimum absolute atomic E-state index is 0.136. The molecule has 9 heteroatoms. The van der Waals surface area contributed by atoms with Crippen molar-refractivity contribution in [2.45, 2.75) is 6.92 Å². The summed E-state index contributed by atoms with van der Waals surface area (Å²) in [5.41, 5.74) is 0.721. The third kappa shape index (κ3) is 3.48. The van der Waals surface area contributed by atoms with Crippen LogP contribution in [-0.4, -0.2) is 29.7 Å². The minimum Gasteiger partial charge on any atom is -0.477 e. The summed E-state index contributed by atoms with van der Waals surface area (Å²) < 4.78 is 30.2. The third-order valence-electron chi connectivity index (χ3n) is 2.26. The zero-order valence-electron chi connectivity index (χ0n) is 10.3. The number of carbonyl (C=O) groups is 1. The lowest BCUT2D eigenvalue weighted by Gasteiger charge is -2.06. The molecular weight excluding hydrogens is 286 g/mol. The number of nitrogens with one attached hydrogen (secondary N) is 2. The van der Waals surface area contributed by atoms with Gasteiger partial charge in [-0.2, -0.15) is 13.5 Å². The highest BCUT2D eigenvalue weighted by atomic mass is 32.2. The number of hydrogen-bond acceptors (Lipinski definition) is 5. The van der Waals surface area contributed by atoms with Crippen molar-refractivity contribution in [1.29, 1.82) is 0 Å². The van der Waals surface area contributed by atoms with Crippen molar-refractivity contribution in [2.75, 3.05) is 4.72 Å². The summed E-state index contributed by atoms with van der Waals surface area (Å²) >= 11 is 0. The average molecular weight is 297 g/mol. The van der Waals surface area contributed by atoms with Gasteiger partial charge < -0.3 is 9.29 Å². The van der Waals surface area contributed by atoms with Gasteiger partial charge in [0, 0.05) is 6.07 Å². The smallest absolute Gasteiger partial charge is 0.408 e. The predicted molar refractivity (Wildman–Crippen MR) is 69.9 cm³/mol. The summed E-state index contributed by atoms with van der Waals surface area (Å²) in [6.45, 7) is 1.85. The second-order valence-electron chi connectivity index (χ2n) is 3.92. The van der Waals surface area contributed by atoms with E-state index in [0.717, 1.165) is 11.6 Å². The molecule has 0 bridgehead atoms. The molecule has 106 valence electrons. The normalized spacial score (nSPS) is 11.1. The summed E-state index contributed by atoms with van der Waals surface area (Å²) in [5, 5.41) is 14.3. The number of nitrogens with zero attached hydrogens (tertiary/aromatic N) is 1. The molecule has 2 aromatic rings. The van der Waals surface area contributed by atoms with Crippen LogP contribution in [0.3, 0.4) is 0 Å². The van der Waals surface area contributed by atoms with Gasteiger partial charge in [0.05, 0.1) is 0 Å². The van der Waals surface area contributed by atoms with Crippen LogP contribution in [0.5, 0.6) is 5.75 Å². The molecule has 0 aliphatic rings. The van der Waals surface area contributed by atoms with Crippen molar-refractivity contribution in [1.82, 2.24) is 10.2 Å². The standard InChI is InChI=1S/C11H11N3O5S/c1-7-2-4-8(5-3-7)19-20(17,18)14-10-6-9(11(15)16)12-13-10/h2-6H,1H3,(H,15,16)(H2,12,13,14). The number of hydrogen-bond donors (Lipinski definition) is 3. The Morgan fingerprint density at radius 2 is 2.00 bits per heavy atom. The van der Waals surface area contributed by atoms with Gasteiger partial charge in [-0.3, -0.25) is 5.10 Å². The number of anilines is 1. The number of carboxylic acids is 1. The molecule has 1 aromatic carbocycles. The van der Waals surface area contributed by atoms with E-state index in [0.29, 0.717) is 0 Å². The first-order chi connectivity index (χ1) is 9.35. The molecule has 0 radical (unpaired) electrons. The lowest BCUT2D eigenvalue weighted by atomic mass is 10.2. The quantitative estimate of drug-likeness (QED) is 0.761. The number of aromatic nitrogens is 2. The number of aromatic amines is 1. The zero-order valence-corrected chi connectivity index (χ0v) is 11.1. The van der Waals surface area contributed by atoms with Gasteiger partial charge in [-0.25, -0.2) is 9.52 Å². The van der Waals surface area contributed by atoms with E-state index in [-0.39, 0.29) is 17.3 Å². The number of benzene rings is 1. The second kappa shape index (κ2) is 5.21. The van der Waals surface area contributed by atoms with Crippen LogP contribution in [-0.2, 0) is 10.3 Å². The predicted octanol–water partition coefficient (Wildman–Crippen LogP) is 1.15. The average Bonchev–Trinajstić information content (AvgIpc) is 2.79. The number of H-pyrrole nitrogens is 1. The van der Waals surface area contributed by atoms with Crippen LogP contribution in [0.2, 0.25) is 0 Å². The molecule has 0 unspecified atom stereocenters.